The van der Waals surface area contributed by atoms with Gasteiger partial charge in [0.2, 0.25) is 11.8 Å². The van der Waals surface area contributed by atoms with Crippen LogP contribution >= 0.6 is 0 Å². The Hall–Kier alpha value is -2.12. The summed E-state index contributed by atoms with van der Waals surface area (Å²) in [4.78, 5) is 28.8. The molecule has 0 bridgehead atoms. The quantitative estimate of drug-likeness (QED) is 0.718. The van der Waals surface area contributed by atoms with Crippen LogP contribution in [0.3, 0.4) is 0 Å². The fourth-order valence-electron chi connectivity index (χ4n) is 3.62. The summed E-state index contributed by atoms with van der Waals surface area (Å²) >= 11 is 0. The molecule has 2 aliphatic rings. The van der Waals surface area contributed by atoms with Crippen LogP contribution < -0.4 is 10.1 Å². The first-order valence-corrected chi connectivity index (χ1v) is 9.65. The number of ether oxygens (including phenoxy) is 2. The average Bonchev–Trinajstić information content (AvgIpc) is 3.08. The highest BCUT2D eigenvalue weighted by atomic mass is 16.5. The number of carbonyl (C=O) groups is 2. The second-order valence-corrected chi connectivity index (χ2v) is 7.05. The molecule has 1 N–H and O–H groups in total. The van der Waals surface area contributed by atoms with Gasteiger partial charge in [-0.3, -0.25) is 14.5 Å². The van der Waals surface area contributed by atoms with Crippen molar-refractivity contribution in [2.75, 3.05) is 59.6 Å². The zero-order chi connectivity index (χ0) is 19.1. The molecule has 0 aromatic heterocycles. The number of benzene rings is 1. The van der Waals surface area contributed by atoms with Crippen LogP contribution in [0, 0.1) is 5.92 Å². The second-order valence-electron chi connectivity index (χ2n) is 7.05. The topological polar surface area (TPSA) is 71.1 Å². The number of likely N-dealkylation sites (tertiary alicyclic amines) is 1. The number of nitrogens with one attached hydrogen (secondary N) is 1. The van der Waals surface area contributed by atoms with E-state index in [1.165, 1.54) is 0 Å². The first kappa shape index (κ1) is 19.6. The van der Waals surface area contributed by atoms with Crippen molar-refractivity contribution in [3.63, 3.8) is 0 Å². The molecule has 7 nitrogen and oxygen atoms in total. The Morgan fingerprint density at radius 1 is 1.26 bits per heavy atom. The van der Waals surface area contributed by atoms with E-state index in [9.17, 15) is 9.59 Å². The maximum absolute atomic E-state index is 12.4. The molecule has 2 aliphatic heterocycles. The lowest BCUT2D eigenvalue weighted by molar-refractivity contribution is -0.129. The average molecular weight is 375 g/mol. The van der Waals surface area contributed by atoms with Crippen molar-refractivity contribution < 1.29 is 19.1 Å². The Morgan fingerprint density at radius 3 is 2.81 bits per heavy atom. The number of para-hydroxylation sites is 1. The molecule has 3 rings (SSSR count). The molecule has 2 heterocycles. The van der Waals surface area contributed by atoms with Gasteiger partial charge in [-0.25, -0.2) is 0 Å². The normalized spacial score (nSPS) is 20.7. The summed E-state index contributed by atoms with van der Waals surface area (Å²) in [6, 6.07) is 7.80. The van der Waals surface area contributed by atoms with E-state index in [0.717, 1.165) is 44.2 Å². The molecule has 1 aromatic rings. The molecule has 0 aliphatic carbocycles. The molecule has 27 heavy (non-hydrogen) atoms. The van der Waals surface area contributed by atoms with E-state index in [2.05, 4.69) is 10.2 Å². The van der Waals surface area contributed by atoms with Gasteiger partial charge in [-0.05, 0) is 18.1 Å². The number of hydrogen-bond acceptors (Lipinski definition) is 5. The lowest BCUT2D eigenvalue weighted by Gasteiger charge is -2.28. The van der Waals surface area contributed by atoms with Gasteiger partial charge >= 0.3 is 0 Å². The Morgan fingerprint density at radius 2 is 2.04 bits per heavy atom. The lowest BCUT2D eigenvalue weighted by Crippen LogP contribution is -2.42. The number of nitrogens with zero attached hydrogens (tertiary/aromatic N) is 2. The van der Waals surface area contributed by atoms with Crippen molar-refractivity contribution in [2.45, 2.75) is 12.8 Å². The fourth-order valence-corrected chi connectivity index (χ4v) is 3.62. The maximum Gasteiger partial charge on any atom is 0.225 e. The highest BCUT2D eigenvalue weighted by molar-refractivity contribution is 5.89. The third kappa shape index (κ3) is 5.43. The number of morpholine rings is 1. The summed E-state index contributed by atoms with van der Waals surface area (Å²) in [6.07, 6.45) is 1.01. The summed E-state index contributed by atoms with van der Waals surface area (Å²) in [7, 11) is 1.65. The first-order valence-electron chi connectivity index (χ1n) is 9.65. The van der Waals surface area contributed by atoms with E-state index in [1.807, 2.05) is 29.2 Å². The van der Waals surface area contributed by atoms with Gasteiger partial charge in [-0.2, -0.15) is 0 Å². The van der Waals surface area contributed by atoms with Gasteiger partial charge in [-0.15, -0.1) is 0 Å². The van der Waals surface area contributed by atoms with Crippen molar-refractivity contribution in [3.05, 3.63) is 29.8 Å². The summed E-state index contributed by atoms with van der Waals surface area (Å²) in [6.45, 7) is 5.92. The predicted molar refractivity (Wildman–Crippen MR) is 102 cm³/mol. The molecule has 1 unspecified atom stereocenters. The SMILES string of the molecule is COc1ccccc1CCNC(=O)C1CC(=O)N(CCN2CCOCC2)C1. The van der Waals surface area contributed by atoms with Crippen molar-refractivity contribution in [3.8, 4) is 5.75 Å². The molecule has 0 radical (unpaired) electrons. The summed E-state index contributed by atoms with van der Waals surface area (Å²) in [5.74, 6) is 0.622. The molecule has 1 atom stereocenters. The number of amides is 2. The predicted octanol–water partition coefficient (Wildman–Crippen LogP) is 0.535. The van der Waals surface area contributed by atoms with Crippen LogP contribution in [0.15, 0.2) is 24.3 Å². The largest absolute Gasteiger partial charge is 0.496 e. The van der Waals surface area contributed by atoms with Gasteiger partial charge in [0.15, 0.2) is 0 Å². The third-order valence-electron chi connectivity index (χ3n) is 5.26. The number of rotatable bonds is 8. The third-order valence-corrected chi connectivity index (χ3v) is 5.26. The van der Waals surface area contributed by atoms with Crippen LogP contribution in [0.2, 0.25) is 0 Å². The highest BCUT2D eigenvalue weighted by Crippen LogP contribution is 2.19. The molecule has 1 aromatic carbocycles. The number of methoxy groups -OCH3 is 1. The Bertz CT molecular complexity index is 646. The molecule has 148 valence electrons. The Labute approximate surface area is 160 Å². The summed E-state index contributed by atoms with van der Waals surface area (Å²) in [5.41, 5.74) is 1.06. The smallest absolute Gasteiger partial charge is 0.225 e. The lowest BCUT2D eigenvalue weighted by atomic mass is 10.1. The highest BCUT2D eigenvalue weighted by Gasteiger charge is 2.34. The second kappa shape index (κ2) is 9.71. The van der Waals surface area contributed by atoms with Gasteiger partial charge in [0.05, 0.1) is 26.2 Å². The van der Waals surface area contributed by atoms with Gasteiger partial charge < -0.3 is 19.7 Å². The van der Waals surface area contributed by atoms with Crippen LogP contribution in [-0.2, 0) is 20.7 Å². The van der Waals surface area contributed by atoms with Gasteiger partial charge in [0.1, 0.15) is 5.75 Å². The van der Waals surface area contributed by atoms with Crippen molar-refractivity contribution in [1.82, 2.24) is 15.1 Å². The molecule has 0 saturated carbocycles. The molecular weight excluding hydrogens is 346 g/mol. The number of hydrogen-bond donors (Lipinski definition) is 1. The fraction of sp³-hybridized carbons (Fsp3) is 0.600. The van der Waals surface area contributed by atoms with E-state index in [4.69, 9.17) is 9.47 Å². The van der Waals surface area contributed by atoms with Crippen LogP contribution in [0.4, 0.5) is 0 Å². The standard InChI is InChI=1S/C20H29N3O4/c1-26-18-5-3-2-4-16(18)6-7-21-20(25)17-14-19(24)23(15-17)9-8-22-10-12-27-13-11-22/h2-5,17H,6-15H2,1H3,(H,21,25). The number of carbonyl (C=O) groups excluding carboxylic acids is 2. The van der Waals surface area contributed by atoms with Crippen LogP contribution in [0.1, 0.15) is 12.0 Å². The molecule has 2 amide bonds. The maximum atomic E-state index is 12.4. The van der Waals surface area contributed by atoms with Crippen LogP contribution in [0.5, 0.6) is 5.75 Å². The monoisotopic (exact) mass is 375 g/mol. The minimum Gasteiger partial charge on any atom is -0.496 e. The zero-order valence-corrected chi connectivity index (χ0v) is 16.0. The zero-order valence-electron chi connectivity index (χ0n) is 16.0. The van der Waals surface area contributed by atoms with E-state index in [1.54, 1.807) is 7.11 Å². The Kier molecular flexibility index (Phi) is 7.06. The first-order chi connectivity index (χ1) is 13.2. The summed E-state index contributed by atoms with van der Waals surface area (Å²) in [5, 5.41) is 2.97. The van der Waals surface area contributed by atoms with E-state index in [-0.39, 0.29) is 17.7 Å². The van der Waals surface area contributed by atoms with E-state index in [0.29, 0.717) is 32.5 Å². The molecule has 2 fully saturated rings. The Balaban J connectivity index is 1.40. The van der Waals surface area contributed by atoms with E-state index >= 15 is 0 Å². The molecule has 0 spiro atoms. The van der Waals surface area contributed by atoms with Crippen molar-refractivity contribution in [1.29, 1.82) is 0 Å². The molecule has 2 saturated heterocycles. The van der Waals surface area contributed by atoms with Crippen LogP contribution in [0.25, 0.3) is 0 Å². The summed E-state index contributed by atoms with van der Waals surface area (Å²) < 4.78 is 10.7. The molecule has 7 heteroatoms. The minimum atomic E-state index is -0.250. The van der Waals surface area contributed by atoms with E-state index < -0.39 is 0 Å². The van der Waals surface area contributed by atoms with Crippen molar-refractivity contribution in [2.24, 2.45) is 5.92 Å². The van der Waals surface area contributed by atoms with Gasteiger partial charge in [0, 0.05) is 45.7 Å². The van der Waals surface area contributed by atoms with Crippen LogP contribution in [-0.4, -0.2) is 81.2 Å². The van der Waals surface area contributed by atoms with Crippen molar-refractivity contribution >= 4 is 11.8 Å². The van der Waals surface area contributed by atoms with Gasteiger partial charge in [0.25, 0.3) is 0 Å². The van der Waals surface area contributed by atoms with Gasteiger partial charge in [-0.1, -0.05) is 18.2 Å². The molecular formula is C20H29N3O4. The minimum absolute atomic E-state index is 0.0351.